The van der Waals surface area contributed by atoms with Crippen LogP contribution < -0.4 is 0 Å². The van der Waals surface area contributed by atoms with Gasteiger partial charge in [0.1, 0.15) is 25.9 Å². The predicted molar refractivity (Wildman–Crippen MR) is 169 cm³/mol. The molecule has 0 saturated heterocycles. The Bertz CT molecular complexity index is 681. The van der Waals surface area contributed by atoms with Crippen LogP contribution in [0.3, 0.4) is 0 Å². The van der Waals surface area contributed by atoms with Gasteiger partial charge in [0.25, 0.3) is 0 Å². The van der Waals surface area contributed by atoms with Gasteiger partial charge in [-0.1, -0.05) is 109 Å². The average Bonchev–Trinajstić information content (AvgIpc) is 2.90. The zero-order chi connectivity index (χ0) is 30.7. The quantitative estimate of drug-likeness (QED) is 0.0280. The number of hydrogen-bond acceptors (Lipinski definition) is 6. The summed E-state index contributed by atoms with van der Waals surface area (Å²) < 4.78 is 27.1. The summed E-state index contributed by atoms with van der Waals surface area (Å²) in [5.74, 6) is -0.372. The molecule has 0 aromatic carbocycles. The van der Waals surface area contributed by atoms with E-state index in [1.165, 1.54) is 103 Å². The van der Waals surface area contributed by atoms with Gasteiger partial charge in [-0.2, -0.15) is 0 Å². The summed E-state index contributed by atoms with van der Waals surface area (Å²) in [5, 5.41) is 9.87. The first kappa shape index (κ1) is 40.2. The van der Waals surface area contributed by atoms with Crippen LogP contribution in [0, 0.1) is 0 Å². The molecule has 0 amide bonds. The molecule has 0 rings (SSSR count). The van der Waals surface area contributed by atoms with E-state index < -0.39 is 20.5 Å². The van der Waals surface area contributed by atoms with E-state index in [-0.39, 0.29) is 19.2 Å². The minimum absolute atomic E-state index is 0.0556. The number of unbranched alkanes of at least 4 members (excludes halogenated alkanes) is 17. The third-order valence-electron chi connectivity index (χ3n) is 7.03. The molecule has 0 aliphatic heterocycles. The second-order valence-electron chi connectivity index (χ2n) is 12.4. The number of esters is 1. The van der Waals surface area contributed by atoms with Crippen molar-refractivity contribution in [2.24, 2.45) is 0 Å². The van der Waals surface area contributed by atoms with Crippen LogP contribution in [-0.2, 0) is 23.1 Å². The SMILES string of the molecule is CCCCCCCC/C=C/CCCCCCCCCCCCCC(=O)OC[C@@H](O)COP(=O)(O)OCC[N+](C)(C)C. The van der Waals surface area contributed by atoms with Gasteiger partial charge in [-0.25, -0.2) is 4.57 Å². The van der Waals surface area contributed by atoms with Crippen LogP contribution in [0.1, 0.15) is 135 Å². The molecule has 41 heavy (non-hydrogen) atoms. The molecule has 0 spiro atoms. The lowest BCUT2D eigenvalue weighted by atomic mass is 10.0. The van der Waals surface area contributed by atoms with E-state index in [1.807, 2.05) is 21.1 Å². The lowest BCUT2D eigenvalue weighted by Gasteiger charge is -2.24. The van der Waals surface area contributed by atoms with Gasteiger partial charge in [-0.15, -0.1) is 0 Å². The molecular formula is C32H65NO7P+. The molecule has 0 radical (unpaired) electrons. The standard InChI is InChI=1S/C32H64NO7P/c1-5-6-7-8-9-10-11-12-13-14-15-16-17-18-19-20-21-22-23-24-25-26-32(35)38-29-31(34)30-40-41(36,37)39-28-27-33(2,3)4/h12-13,31,34H,5-11,14-30H2,1-4H3/p+1/b13-12+/t31-/m1/s1. The lowest BCUT2D eigenvalue weighted by Crippen LogP contribution is -2.37. The second-order valence-corrected chi connectivity index (χ2v) is 13.9. The van der Waals surface area contributed by atoms with Crippen molar-refractivity contribution in [3.8, 4) is 0 Å². The summed E-state index contributed by atoms with van der Waals surface area (Å²) in [4.78, 5) is 21.5. The van der Waals surface area contributed by atoms with Crippen molar-refractivity contribution in [3.05, 3.63) is 12.2 Å². The Morgan fingerprint density at radius 1 is 0.732 bits per heavy atom. The zero-order valence-electron chi connectivity index (χ0n) is 27.0. The van der Waals surface area contributed by atoms with Crippen LogP contribution in [0.15, 0.2) is 12.2 Å². The normalized spacial score (nSPS) is 14.4. The molecule has 8 nitrogen and oxygen atoms in total. The van der Waals surface area contributed by atoms with Gasteiger partial charge < -0.3 is 19.2 Å². The summed E-state index contributed by atoms with van der Waals surface area (Å²) in [7, 11) is 1.56. The number of carbonyl (C=O) groups is 1. The molecule has 0 bridgehead atoms. The van der Waals surface area contributed by atoms with E-state index in [1.54, 1.807) is 0 Å². The van der Waals surface area contributed by atoms with Gasteiger partial charge >= 0.3 is 13.8 Å². The first-order valence-corrected chi connectivity index (χ1v) is 18.0. The van der Waals surface area contributed by atoms with E-state index in [2.05, 4.69) is 19.1 Å². The van der Waals surface area contributed by atoms with Crippen molar-refractivity contribution < 1.29 is 37.6 Å². The fourth-order valence-electron chi connectivity index (χ4n) is 4.36. The fraction of sp³-hybridized carbons (Fsp3) is 0.906. The maximum atomic E-state index is 11.9. The molecule has 0 aromatic heterocycles. The number of phosphoric acid groups is 1. The lowest BCUT2D eigenvalue weighted by molar-refractivity contribution is -0.870. The molecule has 0 saturated carbocycles. The largest absolute Gasteiger partial charge is 0.472 e. The number of hydrogen-bond donors (Lipinski definition) is 2. The van der Waals surface area contributed by atoms with Crippen molar-refractivity contribution in [3.63, 3.8) is 0 Å². The molecular weight excluding hydrogens is 541 g/mol. The molecule has 2 N–H and O–H groups in total. The Hall–Kier alpha value is -0.760. The molecule has 0 aliphatic rings. The van der Waals surface area contributed by atoms with Gasteiger partial charge in [0, 0.05) is 6.42 Å². The van der Waals surface area contributed by atoms with Crippen LogP contribution in [0.2, 0.25) is 0 Å². The highest BCUT2D eigenvalue weighted by molar-refractivity contribution is 7.47. The van der Waals surface area contributed by atoms with Crippen molar-refractivity contribution >= 4 is 13.8 Å². The zero-order valence-corrected chi connectivity index (χ0v) is 27.9. The van der Waals surface area contributed by atoms with Crippen LogP contribution in [0.5, 0.6) is 0 Å². The second kappa shape index (κ2) is 26.8. The van der Waals surface area contributed by atoms with E-state index >= 15 is 0 Å². The predicted octanol–water partition coefficient (Wildman–Crippen LogP) is 8.11. The first-order chi connectivity index (χ1) is 19.6. The molecule has 0 heterocycles. The Morgan fingerprint density at radius 3 is 1.68 bits per heavy atom. The van der Waals surface area contributed by atoms with Crippen LogP contribution in [0.25, 0.3) is 0 Å². The smallest absolute Gasteiger partial charge is 0.463 e. The monoisotopic (exact) mass is 606 g/mol. The highest BCUT2D eigenvalue weighted by Gasteiger charge is 2.24. The topological polar surface area (TPSA) is 102 Å². The number of phosphoric ester groups is 1. The highest BCUT2D eigenvalue weighted by Crippen LogP contribution is 2.43. The molecule has 244 valence electrons. The van der Waals surface area contributed by atoms with Crippen molar-refractivity contribution in [1.29, 1.82) is 0 Å². The van der Waals surface area contributed by atoms with Gasteiger partial charge in [0.05, 0.1) is 27.7 Å². The van der Waals surface area contributed by atoms with Crippen LogP contribution >= 0.6 is 7.82 Å². The van der Waals surface area contributed by atoms with Crippen LogP contribution in [-0.4, -0.2) is 74.1 Å². The number of allylic oxidation sites excluding steroid dienone is 2. The number of aliphatic hydroxyl groups is 1. The Labute approximate surface area is 252 Å². The number of rotatable bonds is 30. The minimum Gasteiger partial charge on any atom is -0.463 e. The van der Waals surface area contributed by atoms with Crippen molar-refractivity contribution in [2.75, 3.05) is 47.5 Å². The number of carbonyl (C=O) groups excluding carboxylic acids is 1. The summed E-state index contributed by atoms with van der Waals surface area (Å²) in [6.07, 6.45) is 27.9. The Balaban J connectivity index is 3.46. The molecule has 0 aromatic rings. The van der Waals surface area contributed by atoms with E-state index in [9.17, 15) is 19.4 Å². The third kappa shape index (κ3) is 32.0. The molecule has 1 unspecified atom stereocenters. The van der Waals surface area contributed by atoms with Gasteiger partial charge in [-0.05, 0) is 32.1 Å². The number of likely N-dealkylation sites (N-methyl/N-ethyl adjacent to an activating group) is 1. The third-order valence-corrected chi connectivity index (χ3v) is 8.01. The number of aliphatic hydroxyl groups excluding tert-OH is 1. The molecule has 0 fully saturated rings. The maximum Gasteiger partial charge on any atom is 0.472 e. The minimum atomic E-state index is -4.24. The molecule has 0 aliphatic carbocycles. The van der Waals surface area contributed by atoms with E-state index in [0.29, 0.717) is 17.4 Å². The van der Waals surface area contributed by atoms with Gasteiger partial charge in [-0.3, -0.25) is 13.8 Å². The van der Waals surface area contributed by atoms with Crippen molar-refractivity contribution in [2.45, 2.75) is 141 Å². The highest BCUT2D eigenvalue weighted by atomic mass is 31.2. The number of nitrogens with zero attached hydrogens (tertiary/aromatic N) is 1. The average molecular weight is 607 g/mol. The van der Waals surface area contributed by atoms with Gasteiger partial charge in [0.2, 0.25) is 0 Å². The number of quaternary nitrogens is 1. The fourth-order valence-corrected chi connectivity index (χ4v) is 5.11. The van der Waals surface area contributed by atoms with Gasteiger partial charge in [0.15, 0.2) is 0 Å². The maximum absolute atomic E-state index is 11.9. The summed E-state index contributed by atoms with van der Waals surface area (Å²) in [5.41, 5.74) is 0. The van der Waals surface area contributed by atoms with E-state index in [0.717, 1.165) is 19.3 Å². The summed E-state index contributed by atoms with van der Waals surface area (Å²) >= 11 is 0. The Kier molecular flexibility index (Phi) is 26.3. The summed E-state index contributed by atoms with van der Waals surface area (Å²) in [6.45, 7) is 2.14. The van der Waals surface area contributed by atoms with Crippen LogP contribution in [0.4, 0.5) is 0 Å². The Morgan fingerprint density at radius 2 is 1.20 bits per heavy atom. The number of ether oxygens (including phenoxy) is 1. The van der Waals surface area contributed by atoms with E-state index in [4.69, 9.17) is 13.8 Å². The first-order valence-electron chi connectivity index (χ1n) is 16.5. The van der Waals surface area contributed by atoms with Crippen molar-refractivity contribution in [1.82, 2.24) is 0 Å². The summed E-state index contributed by atoms with van der Waals surface area (Å²) in [6, 6.07) is 0. The molecule has 2 atom stereocenters. The molecule has 9 heteroatoms.